The first-order valence-corrected chi connectivity index (χ1v) is 0. The van der Waals surface area contributed by atoms with Crippen LogP contribution in [-0.4, -0.2) is 0 Å². The minimum atomic E-state index is 0. The van der Waals surface area contributed by atoms with E-state index in [1.165, 1.54) is 0 Å². The fourth-order valence-corrected chi connectivity index (χ4v) is 0. The first kappa shape index (κ1) is 127. The van der Waals surface area contributed by atoms with E-state index in [1.54, 1.807) is 0 Å². The first-order chi connectivity index (χ1) is 0. The fraction of sp³-hybridized carbons (Fsp3) is 0. The van der Waals surface area contributed by atoms with Gasteiger partial charge in [0.1, 0.15) is 0 Å². The molecule has 0 atom stereocenters. The van der Waals surface area contributed by atoms with Gasteiger partial charge < -0.3 is 16.4 Å². The van der Waals surface area contributed by atoms with Crippen LogP contribution in [0.15, 0.2) is 0 Å². The van der Waals surface area contributed by atoms with Crippen molar-refractivity contribution < 1.29 is 55.4 Å². The van der Waals surface area contributed by atoms with Crippen LogP contribution in [0.2, 0.25) is 0 Å². The molecule has 0 heterocycles. The molecule has 0 aliphatic heterocycles. The maximum atomic E-state index is 0. The molecule has 0 N–H and O–H groups in total. The van der Waals surface area contributed by atoms with Crippen LogP contribution in [0, 0.1) is 0 Å². The Morgan fingerprint density at radius 3 is 0.400 bits per heavy atom. The predicted molar refractivity (Wildman–Crippen MR) is 2.06 cm³/mol. The van der Waals surface area contributed by atoms with Crippen molar-refractivity contribution in [2.75, 3.05) is 0 Å². The Balaban J connectivity index is 0. The van der Waals surface area contributed by atoms with Gasteiger partial charge in [-0.15, -0.1) is 0 Å². The summed E-state index contributed by atoms with van der Waals surface area (Å²) in [6.45, 7) is 0. The van der Waals surface area contributed by atoms with E-state index < -0.39 is 0 Å². The third-order valence-electron chi connectivity index (χ3n) is 0. The summed E-state index contributed by atoms with van der Waals surface area (Å²) in [7, 11) is 0. The van der Waals surface area contributed by atoms with Gasteiger partial charge in [-0.3, -0.25) is 0 Å². The van der Waals surface area contributed by atoms with Gasteiger partial charge in [-0.2, -0.15) is 0 Å². The Labute approximate surface area is 55.6 Å². The smallest absolute Gasteiger partial charge is 2.00 e. The van der Waals surface area contributed by atoms with E-state index in [0.717, 1.165) is 0 Å². The summed E-state index contributed by atoms with van der Waals surface area (Å²) < 4.78 is 0. The van der Waals surface area contributed by atoms with Crippen LogP contribution in [0.4, 0.5) is 0 Å². The van der Waals surface area contributed by atoms with Gasteiger partial charge >= 0.3 is 39.0 Å². The molecule has 0 fully saturated rings. The number of hydrogen-bond donors (Lipinski definition) is 0. The SMILES string of the molecule is [O-2].[O-2].[O-2].[Ru+3].[Ru+3]. The maximum Gasteiger partial charge on any atom is 3.00 e. The van der Waals surface area contributed by atoms with Gasteiger partial charge in [0.05, 0.1) is 0 Å². The molecular formula is O3Ru2. The molecule has 5 heavy (non-hydrogen) atoms. The van der Waals surface area contributed by atoms with Crippen LogP contribution < -0.4 is 0 Å². The van der Waals surface area contributed by atoms with Crippen molar-refractivity contribution in [3.05, 3.63) is 0 Å². The van der Waals surface area contributed by atoms with E-state index in [-0.39, 0.29) is 55.4 Å². The zero-order valence-electron chi connectivity index (χ0n) is 1.93. The monoisotopic (exact) mass is 252 g/mol. The number of rotatable bonds is 0. The second kappa shape index (κ2) is 68.8. The summed E-state index contributed by atoms with van der Waals surface area (Å²) in [6.07, 6.45) is 0. The van der Waals surface area contributed by atoms with Gasteiger partial charge in [-0.25, -0.2) is 0 Å². The summed E-state index contributed by atoms with van der Waals surface area (Å²) in [5.41, 5.74) is 0. The Morgan fingerprint density at radius 2 is 0.400 bits per heavy atom. The molecule has 0 aliphatic rings. The Bertz CT molecular complexity index is 4.85. The predicted octanol–water partition coefficient (Wildman–Crippen LogP) is -0.361. The zero-order valence-corrected chi connectivity index (χ0v) is 5.41. The normalized spacial score (nSPS) is 0. The van der Waals surface area contributed by atoms with E-state index >= 15 is 0 Å². The fourth-order valence-electron chi connectivity index (χ4n) is 0. The molecule has 2 radical (unpaired) electrons. The van der Waals surface area contributed by atoms with Crippen LogP contribution in [0.25, 0.3) is 0 Å². The molecule has 0 aromatic rings. The summed E-state index contributed by atoms with van der Waals surface area (Å²) in [6, 6.07) is 0. The third-order valence-corrected chi connectivity index (χ3v) is 0. The standard InChI is InChI=1S/3O.2Ru/q3*-2;2*+3. The molecule has 0 spiro atoms. The quantitative estimate of drug-likeness (QED) is 0.526. The topological polar surface area (TPSA) is 85.5 Å². The van der Waals surface area contributed by atoms with Crippen LogP contribution in [0.5, 0.6) is 0 Å². The average Bonchev–Trinajstić information content (AvgIpc) is 0. The van der Waals surface area contributed by atoms with Gasteiger partial charge in [0.15, 0.2) is 0 Å². The van der Waals surface area contributed by atoms with Crippen LogP contribution >= 0.6 is 0 Å². The molecule has 5 heteroatoms. The minimum Gasteiger partial charge on any atom is -2.00 e. The van der Waals surface area contributed by atoms with E-state index in [9.17, 15) is 0 Å². The zero-order chi connectivity index (χ0) is 0. The molecule has 0 aromatic heterocycles. The van der Waals surface area contributed by atoms with Gasteiger partial charge in [0.2, 0.25) is 0 Å². The van der Waals surface area contributed by atoms with E-state index in [4.69, 9.17) is 0 Å². The van der Waals surface area contributed by atoms with E-state index in [2.05, 4.69) is 0 Å². The molecule has 0 saturated heterocycles. The maximum absolute atomic E-state index is 0. The summed E-state index contributed by atoms with van der Waals surface area (Å²) >= 11 is 0. The van der Waals surface area contributed by atoms with Crippen LogP contribution in [-0.2, 0) is 55.4 Å². The summed E-state index contributed by atoms with van der Waals surface area (Å²) in [4.78, 5) is 0. The molecule has 0 amide bonds. The summed E-state index contributed by atoms with van der Waals surface area (Å²) in [5, 5.41) is 0. The van der Waals surface area contributed by atoms with Crippen molar-refractivity contribution in [1.82, 2.24) is 0 Å². The Hall–Kier alpha value is 1.13. The molecular weight excluding hydrogens is 250 g/mol. The van der Waals surface area contributed by atoms with E-state index in [0.29, 0.717) is 0 Å². The molecule has 0 rings (SSSR count). The van der Waals surface area contributed by atoms with Gasteiger partial charge in [0, 0.05) is 0 Å². The van der Waals surface area contributed by atoms with Crippen molar-refractivity contribution in [2.24, 2.45) is 0 Å². The van der Waals surface area contributed by atoms with Gasteiger partial charge in [-0.05, 0) is 0 Å². The molecule has 0 bridgehead atoms. The first-order valence-electron chi connectivity index (χ1n) is 0. The van der Waals surface area contributed by atoms with Crippen LogP contribution in [0.1, 0.15) is 0 Å². The van der Waals surface area contributed by atoms with Gasteiger partial charge in [-0.1, -0.05) is 0 Å². The second-order valence-electron chi connectivity index (χ2n) is 0. The molecule has 0 saturated carbocycles. The Kier molecular flexibility index (Phi) is 1740. The average molecular weight is 250 g/mol. The number of hydrogen-bond acceptors (Lipinski definition) is 0. The van der Waals surface area contributed by atoms with Gasteiger partial charge in [0.25, 0.3) is 0 Å². The van der Waals surface area contributed by atoms with Crippen molar-refractivity contribution in [2.45, 2.75) is 0 Å². The van der Waals surface area contributed by atoms with Crippen molar-refractivity contribution in [3.8, 4) is 0 Å². The largest absolute Gasteiger partial charge is 3.00 e. The molecule has 0 aliphatic carbocycles. The molecule has 0 unspecified atom stereocenters. The molecule has 3 nitrogen and oxygen atoms in total. The van der Waals surface area contributed by atoms with Crippen molar-refractivity contribution in [1.29, 1.82) is 0 Å². The van der Waals surface area contributed by atoms with Crippen LogP contribution in [0.3, 0.4) is 0 Å². The summed E-state index contributed by atoms with van der Waals surface area (Å²) in [5.74, 6) is 0. The molecule has 34 valence electrons. The van der Waals surface area contributed by atoms with E-state index in [1.807, 2.05) is 0 Å². The second-order valence-corrected chi connectivity index (χ2v) is 0. The molecule has 0 aromatic carbocycles. The Morgan fingerprint density at radius 1 is 0.400 bits per heavy atom. The van der Waals surface area contributed by atoms with Crippen molar-refractivity contribution in [3.63, 3.8) is 0 Å². The van der Waals surface area contributed by atoms with Crippen molar-refractivity contribution >= 4 is 0 Å². The third kappa shape index (κ3) is 39.5. The minimum absolute atomic E-state index is 0.